The highest BCUT2D eigenvalue weighted by molar-refractivity contribution is 5.86. The zero-order chi connectivity index (χ0) is 20.3. The normalized spacial score (nSPS) is 47.0. The maximum Gasteiger partial charge on any atom is 0.337 e. The third kappa shape index (κ3) is 3.15. The fourth-order valence-electron chi connectivity index (χ4n) is 7.25. The van der Waals surface area contributed by atoms with Crippen LogP contribution in [-0.4, -0.2) is 42.9 Å². The van der Waals surface area contributed by atoms with Crippen molar-refractivity contribution in [2.24, 2.45) is 41.4 Å². The second-order valence-corrected chi connectivity index (χ2v) is 9.85. The maximum atomic E-state index is 13.1. The van der Waals surface area contributed by atoms with Crippen LogP contribution in [0.4, 0.5) is 4.39 Å². The highest BCUT2D eigenvalue weighted by Crippen LogP contribution is 2.59. The van der Waals surface area contributed by atoms with Crippen molar-refractivity contribution < 1.29 is 33.0 Å². The van der Waals surface area contributed by atoms with E-state index in [1.807, 2.05) is 0 Å². The number of halogens is 1. The Morgan fingerprint density at radius 1 is 1.03 bits per heavy atom. The quantitative estimate of drug-likeness (QED) is 0.514. The van der Waals surface area contributed by atoms with E-state index >= 15 is 0 Å². The van der Waals surface area contributed by atoms with Gasteiger partial charge in [-0.15, -0.1) is 0 Å². The molecule has 0 radical (unpaired) electrons. The molecule has 1 aliphatic heterocycles. The molecule has 4 aliphatic carbocycles. The van der Waals surface area contributed by atoms with Crippen molar-refractivity contribution in [1.29, 1.82) is 0 Å². The lowest BCUT2D eigenvalue weighted by Gasteiger charge is -2.42. The van der Waals surface area contributed by atoms with E-state index in [2.05, 4.69) is 6.92 Å². The van der Waals surface area contributed by atoms with Crippen LogP contribution in [0.25, 0.3) is 0 Å². The predicted molar refractivity (Wildman–Crippen MR) is 98.0 cm³/mol. The Hall–Kier alpha value is -1.66. The minimum atomic E-state index is -1.23. The first-order valence-electron chi connectivity index (χ1n) is 11.1. The van der Waals surface area contributed by atoms with Gasteiger partial charge in [0.2, 0.25) is 0 Å². The smallest absolute Gasteiger partial charge is 0.337 e. The van der Waals surface area contributed by atoms with Crippen molar-refractivity contribution in [2.45, 2.75) is 70.2 Å². The number of fused-ring (bicyclic) bond motifs is 3. The van der Waals surface area contributed by atoms with Crippen LogP contribution in [0.15, 0.2) is 0 Å². The van der Waals surface area contributed by atoms with Crippen molar-refractivity contribution in [3.63, 3.8) is 0 Å². The molecule has 0 spiro atoms. The monoisotopic (exact) mass is 408 g/mol. The first-order chi connectivity index (χ1) is 14.0. The second kappa shape index (κ2) is 7.24. The molecule has 0 aromatic heterocycles. The molecule has 0 aromatic carbocycles. The highest BCUT2D eigenvalue weighted by Gasteiger charge is 2.70. The summed E-state index contributed by atoms with van der Waals surface area (Å²) in [5.74, 6) is -1.34. The van der Waals surface area contributed by atoms with Crippen LogP contribution in [0.3, 0.4) is 0 Å². The third-order valence-electron chi connectivity index (χ3n) is 8.25. The van der Waals surface area contributed by atoms with E-state index in [1.165, 1.54) is 25.7 Å². The van der Waals surface area contributed by atoms with Gasteiger partial charge in [-0.25, -0.2) is 9.18 Å². The molecule has 160 valence electrons. The van der Waals surface area contributed by atoms with Crippen LogP contribution in [0.5, 0.6) is 0 Å². The Bertz CT molecular complexity index is 695. The molecule has 7 heteroatoms. The third-order valence-corrected chi connectivity index (χ3v) is 8.25. The minimum absolute atomic E-state index is 0.0942. The Morgan fingerprint density at radius 3 is 2.41 bits per heavy atom. The minimum Gasteiger partial charge on any atom is -0.462 e. The molecule has 8 unspecified atom stereocenters. The lowest BCUT2D eigenvalue weighted by molar-refractivity contribution is -0.170. The lowest BCUT2D eigenvalue weighted by atomic mass is 9.66. The van der Waals surface area contributed by atoms with E-state index in [9.17, 15) is 18.8 Å². The molecule has 0 N–H and O–H groups in total. The zero-order valence-corrected chi connectivity index (χ0v) is 16.8. The zero-order valence-electron chi connectivity index (χ0n) is 16.8. The summed E-state index contributed by atoms with van der Waals surface area (Å²) < 4.78 is 29.2. The van der Waals surface area contributed by atoms with E-state index in [1.54, 1.807) is 0 Å². The first-order valence-corrected chi connectivity index (χ1v) is 11.1. The molecule has 5 rings (SSSR count). The van der Waals surface area contributed by atoms with Gasteiger partial charge in [0.1, 0.15) is 18.3 Å². The first kappa shape index (κ1) is 19.3. The summed E-state index contributed by atoms with van der Waals surface area (Å²) in [5.41, 5.74) is 0. The summed E-state index contributed by atoms with van der Waals surface area (Å²) in [6, 6.07) is 0. The van der Waals surface area contributed by atoms with Gasteiger partial charge in [0.05, 0.1) is 11.8 Å². The van der Waals surface area contributed by atoms with Gasteiger partial charge in [-0.3, -0.25) is 9.59 Å². The molecule has 0 amide bonds. The summed E-state index contributed by atoms with van der Waals surface area (Å²) in [4.78, 5) is 37.0. The molecule has 4 saturated carbocycles. The van der Waals surface area contributed by atoms with Crippen molar-refractivity contribution in [2.75, 3.05) is 6.67 Å². The molecule has 0 aromatic rings. The Morgan fingerprint density at radius 2 is 1.76 bits per heavy atom. The van der Waals surface area contributed by atoms with Crippen molar-refractivity contribution in [3.8, 4) is 0 Å². The summed E-state index contributed by atoms with van der Waals surface area (Å²) in [6.07, 6.45) is 5.89. The van der Waals surface area contributed by atoms with E-state index in [0.717, 1.165) is 18.8 Å². The molecule has 5 aliphatic rings. The molecular weight excluding hydrogens is 379 g/mol. The summed E-state index contributed by atoms with van der Waals surface area (Å²) in [5, 5.41) is 0. The van der Waals surface area contributed by atoms with Crippen LogP contribution in [0.2, 0.25) is 0 Å². The Kier molecular flexibility index (Phi) is 4.82. The topological polar surface area (TPSA) is 78.9 Å². The summed E-state index contributed by atoms with van der Waals surface area (Å²) in [6.45, 7) is 1.02. The van der Waals surface area contributed by atoms with Crippen LogP contribution in [0, 0.1) is 41.4 Å². The molecule has 1 saturated heterocycles. The number of hydrogen-bond acceptors (Lipinski definition) is 6. The molecular formula is C22H29FO6. The average Bonchev–Trinajstić information content (AvgIpc) is 3.30. The molecule has 4 bridgehead atoms. The van der Waals surface area contributed by atoms with Crippen molar-refractivity contribution >= 4 is 17.9 Å². The van der Waals surface area contributed by atoms with Gasteiger partial charge in [0.15, 0.2) is 6.67 Å². The Balaban J connectivity index is 1.28. The van der Waals surface area contributed by atoms with E-state index in [-0.39, 0.29) is 23.9 Å². The Labute approximate surface area is 169 Å². The number of alkyl halides is 1. The van der Waals surface area contributed by atoms with Gasteiger partial charge in [0, 0.05) is 11.8 Å². The molecule has 5 fully saturated rings. The van der Waals surface area contributed by atoms with Crippen LogP contribution >= 0.6 is 0 Å². The van der Waals surface area contributed by atoms with Crippen molar-refractivity contribution in [3.05, 3.63) is 0 Å². The number of hydrogen-bond donors (Lipinski definition) is 0. The predicted octanol–water partition coefficient (Wildman–Crippen LogP) is 2.82. The van der Waals surface area contributed by atoms with Crippen LogP contribution < -0.4 is 0 Å². The van der Waals surface area contributed by atoms with E-state index in [4.69, 9.17) is 14.2 Å². The fourth-order valence-corrected chi connectivity index (χ4v) is 7.25. The number of ether oxygens (including phenoxy) is 3. The number of esters is 3. The van der Waals surface area contributed by atoms with Crippen LogP contribution in [0.1, 0.15) is 51.9 Å². The molecule has 8 atom stereocenters. The van der Waals surface area contributed by atoms with Gasteiger partial charge in [0.25, 0.3) is 0 Å². The summed E-state index contributed by atoms with van der Waals surface area (Å²) in [7, 11) is 0. The van der Waals surface area contributed by atoms with Gasteiger partial charge < -0.3 is 14.2 Å². The molecule has 6 nitrogen and oxygen atoms in total. The van der Waals surface area contributed by atoms with Crippen LogP contribution in [-0.2, 0) is 28.6 Å². The highest BCUT2D eigenvalue weighted by atomic mass is 19.1. The van der Waals surface area contributed by atoms with E-state index in [0.29, 0.717) is 18.3 Å². The van der Waals surface area contributed by atoms with Gasteiger partial charge >= 0.3 is 17.9 Å². The van der Waals surface area contributed by atoms with Crippen molar-refractivity contribution in [1.82, 2.24) is 0 Å². The fraction of sp³-hybridized carbons (Fsp3) is 0.864. The van der Waals surface area contributed by atoms with Gasteiger partial charge in [-0.05, 0) is 56.3 Å². The second-order valence-electron chi connectivity index (χ2n) is 9.85. The van der Waals surface area contributed by atoms with E-state index < -0.39 is 42.7 Å². The maximum absolute atomic E-state index is 13.1. The standard InChI is InChI=1S/C22H29FO6/c1-2-10-3-11-5-12(4-10)7-13(6-11)27-21(25)17-14-8-15-18(17)22(26)29-20(15)19(14)28-16(24)9-23/h10-15,17-20H,2-9H2,1H3. The molecule has 1 heterocycles. The SMILES string of the molecule is CCC1CC2CC(C1)CC(OC(=O)C1C3CC4C(OC(=O)C41)C3OC(=O)CF)C2. The summed E-state index contributed by atoms with van der Waals surface area (Å²) >= 11 is 0. The number of carbonyl (C=O) groups is 3. The largest absolute Gasteiger partial charge is 0.462 e. The molecule has 29 heavy (non-hydrogen) atoms. The van der Waals surface area contributed by atoms with Gasteiger partial charge in [-0.2, -0.15) is 0 Å². The number of rotatable bonds is 5. The van der Waals surface area contributed by atoms with Gasteiger partial charge in [-0.1, -0.05) is 13.3 Å². The lowest BCUT2D eigenvalue weighted by Crippen LogP contribution is -2.45. The average molecular weight is 408 g/mol. The number of carbonyl (C=O) groups excluding carboxylic acids is 3.